The van der Waals surface area contributed by atoms with Crippen LogP contribution in [0, 0.1) is 0 Å². The summed E-state index contributed by atoms with van der Waals surface area (Å²) in [6.45, 7) is 3.85. The highest BCUT2D eigenvalue weighted by molar-refractivity contribution is 6.06. The molecule has 0 aliphatic carbocycles. The lowest BCUT2D eigenvalue weighted by Crippen LogP contribution is -2.43. The second-order valence-corrected chi connectivity index (χ2v) is 5.95. The minimum atomic E-state index is -0.822. The Morgan fingerprint density at radius 3 is 2.70 bits per heavy atom. The fourth-order valence-corrected chi connectivity index (χ4v) is 2.85. The number of amides is 3. The second kappa shape index (κ2) is 5.87. The molecule has 23 heavy (non-hydrogen) atoms. The first-order valence-corrected chi connectivity index (χ1v) is 7.68. The molecule has 1 atom stereocenters. The van der Waals surface area contributed by atoms with Gasteiger partial charge < -0.3 is 9.84 Å². The van der Waals surface area contributed by atoms with Crippen LogP contribution in [0.2, 0.25) is 0 Å². The van der Waals surface area contributed by atoms with Crippen LogP contribution in [0.1, 0.15) is 32.4 Å². The fraction of sp³-hybridized carbons (Fsp3) is 0.353. The number of benzene rings is 1. The van der Waals surface area contributed by atoms with Crippen molar-refractivity contribution < 1.29 is 14.1 Å². The Hall–Kier alpha value is -2.63. The van der Waals surface area contributed by atoms with Gasteiger partial charge in [-0.3, -0.25) is 9.69 Å². The van der Waals surface area contributed by atoms with Crippen molar-refractivity contribution in [3.05, 3.63) is 42.1 Å². The van der Waals surface area contributed by atoms with Crippen LogP contribution >= 0.6 is 0 Å². The van der Waals surface area contributed by atoms with Gasteiger partial charge in [-0.2, -0.15) is 0 Å². The lowest BCUT2D eigenvalue weighted by molar-refractivity contribution is -0.131. The van der Waals surface area contributed by atoms with Crippen molar-refractivity contribution in [1.82, 2.24) is 15.4 Å². The number of rotatable bonds is 5. The molecule has 6 nitrogen and oxygen atoms in total. The Balaban J connectivity index is 1.77. The van der Waals surface area contributed by atoms with E-state index >= 15 is 0 Å². The number of carbonyl (C=O) groups is 2. The molecule has 6 heteroatoms. The molecule has 3 rings (SSSR count). The Morgan fingerprint density at radius 2 is 2.00 bits per heavy atom. The maximum Gasteiger partial charge on any atom is 0.325 e. The van der Waals surface area contributed by atoms with Crippen molar-refractivity contribution in [3.8, 4) is 11.3 Å². The molecule has 0 bridgehead atoms. The number of aromatic nitrogens is 1. The Labute approximate surface area is 134 Å². The Kier molecular flexibility index (Phi) is 3.90. The zero-order valence-electron chi connectivity index (χ0n) is 13.2. The van der Waals surface area contributed by atoms with E-state index in [2.05, 4.69) is 10.5 Å². The lowest BCUT2D eigenvalue weighted by Gasteiger charge is -2.20. The molecule has 1 aliphatic heterocycles. The minimum absolute atomic E-state index is 0.111. The van der Waals surface area contributed by atoms with Crippen molar-refractivity contribution in [2.24, 2.45) is 0 Å². The molecule has 2 heterocycles. The van der Waals surface area contributed by atoms with Crippen LogP contribution in [0.3, 0.4) is 0 Å². The lowest BCUT2D eigenvalue weighted by atomic mass is 9.96. The standard InChI is InChI=1S/C17H19N3O3/c1-3-9-17(2)15(21)20(16(22)18-17)11-13-10-14(23-19-13)12-7-5-4-6-8-12/h4-8,10H,3,9,11H2,1-2H3,(H,18,22)/t17-/m1/s1. The van der Waals surface area contributed by atoms with E-state index in [-0.39, 0.29) is 18.5 Å². The normalized spacial score (nSPS) is 20.9. The van der Waals surface area contributed by atoms with E-state index in [1.165, 1.54) is 4.90 Å². The summed E-state index contributed by atoms with van der Waals surface area (Å²) in [5, 5.41) is 6.74. The van der Waals surface area contributed by atoms with E-state index in [0.717, 1.165) is 12.0 Å². The maximum absolute atomic E-state index is 12.5. The predicted octanol–water partition coefficient (Wildman–Crippen LogP) is 2.95. The van der Waals surface area contributed by atoms with E-state index in [0.29, 0.717) is 17.9 Å². The highest BCUT2D eigenvalue weighted by atomic mass is 16.5. The molecule has 0 spiro atoms. The number of hydrogen-bond donors (Lipinski definition) is 1. The van der Waals surface area contributed by atoms with Gasteiger partial charge in [0.1, 0.15) is 11.2 Å². The molecule has 2 aromatic rings. The SMILES string of the molecule is CCC[C@@]1(C)NC(=O)N(Cc2cc(-c3ccccc3)on2)C1=O. The zero-order valence-corrected chi connectivity index (χ0v) is 13.2. The number of imide groups is 1. The van der Waals surface area contributed by atoms with Crippen molar-refractivity contribution in [3.63, 3.8) is 0 Å². The summed E-state index contributed by atoms with van der Waals surface area (Å²) in [5.41, 5.74) is 0.630. The van der Waals surface area contributed by atoms with Crippen LogP contribution in [-0.2, 0) is 11.3 Å². The quantitative estimate of drug-likeness (QED) is 0.861. The van der Waals surface area contributed by atoms with E-state index in [1.54, 1.807) is 13.0 Å². The van der Waals surface area contributed by atoms with Gasteiger partial charge in [0.25, 0.3) is 5.91 Å². The number of carbonyl (C=O) groups excluding carboxylic acids is 2. The third kappa shape index (κ3) is 2.84. The number of hydrogen-bond acceptors (Lipinski definition) is 4. The monoisotopic (exact) mass is 313 g/mol. The van der Waals surface area contributed by atoms with E-state index in [4.69, 9.17) is 4.52 Å². The fourth-order valence-electron chi connectivity index (χ4n) is 2.85. The highest BCUT2D eigenvalue weighted by Gasteiger charge is 2.47. The molecule has 0 saturated carbocycles. The maximum atomic E-state index is 12.5. The summed E-state index contributed by atoms with van der Waals surface area (Å²) in [6, 6.07) is 10.9. The van der Waals surface area contributed by atoms with Gasteiger partial charge in [-0.15, -0.1) is 0 Å². The molecular weight excluding hydrogens is 294 g/mol. The molecular formula is C17H19N3O3. The van der Waals surface area contributed by atoms with Crippen LogP contribution in [0.25, 0.3) is 11.3 Å². The van der Waals surface area contributed by atoms with Gasteiger partial charge in [-0.1, -0.05) is 48.8 Å². The molecule has 120 valence electrons. The van der Waals surface area contributed by atoms with Crippen LogP contribution in [-0.4, -0.2) is 27.5 Å². The minimum Gasteiger partial charge on any atom is -0.356 e. The third-order valence-corrected chi connectivity index (χ3v) is 4.03. The van der Waals surface area contributed by atoms with Crippen LogP contribution in [0.5, 0.6) is 0 Å². The number of nitrogens with one attached hydrogen (secondary N) is 1. The molecule has 1 saturated heterocycles. The summed E-state index contributed by atoms with van der Waals surface area (Å²) in [6.07, 6.45) is 1.43. The first-order valence-electron chi connectivity index (χ1n) is 7.68. The Morgan fingerprint density at radius 1 is 1.26 bits per heavy atom. The number of urea groups is 1. The molecule has 1 aliphatic rings. The molecule has 0 unspecified atom stereocenters. The topological polar surface area (TPSA) is 75.4 Å². The largest absolute Gasteiger partial charge is 0.356 e. The second-order valence-electron chi connectivity index (χ2n) is 5.95. The van der Waals surface area contributed by atoms with Crippen LogP contribution in [0.4, 0.5) is 4.79 Å². The van der Waals surface area contributed by atoms with Gasteiger partial charge in [0.05, 0.1) is 6.54 Å². The summed E-state index contributed by atoms with van der Waals surface area (Å²) < 4.78 is 5.31. The average Bonchev–Trinajstić information content (AvgIpc) is 3.08. The van der Waals surface area contributed by atoms with Crippen LogP contribution in [0.15, 0.2) is 40.9 Å². The van der Waals surface area contributed by atoms with Crippen molar-refractivity contribution in [2.75, 3.05) is 0 Å². The average molecular weight is 313 g/mol. The van der Waals surface area contributed by atoms with Crippen molar-refractivity contribution >= 4 is 11.9 Å². The molecule has 0 radical (unpaired) electrons. The first-order chi connectivity index (χ1) is 11.0. The van der Waals surface area contributed by atoms with Crippen molar-refractivity contribution in [2.45, 2.75) is 38.8 Å². The zero-order chi connectivity index (χ0) is 16.4. The first kappa shape index (κ1) is 15.3. The highest BCUT2D eigenvalue weighted by Crippen LogP contribution is 2.25. The van der Waals surface area contributed by atoms with Crippen molar-refractivity contribution in [1.29, 1.82) is 0 Å². The molecule has 1 aromatic carbocycles. The Bertz CT molecular complexity index is 726. The van der Waals surface area contributed by atoms with Gasteiger partial charge in [0.2, 0.25) is 0 Å². The summed E-state index contributed by atoms with van der Waals surface area (Å²) in [7, 11) is 0. The summed E-state index contributed by atoms with van der Waals surface area (Å²) in [4.78, 5) is 25.8. The van der Waals surface area contributed by atoms with Gasteiger partial charge in [-0.05, 0) is 13.3 Å². The van der Waals surface area contributed by atoms with E-state index < -0.39 is 5.54 Å². The summed E-state index contributed by atoms with van der Waals surface area (Å²) in [5.74, 6) is 0.401. The molecule has 1 aromatic heterocycles. The molecule has 3 amide bonds. The molecule has 1 fully saturated rings. The van der Waals surface area contributed by atoms with Gasteiger partial charge in [0.15, 0.2) is 5.76 Å². The van der Waals surface area contributed by atoms with Gasteiger partial charge in [-0.25, -0.2) is 4.79 Å². The molecule has 1 N–H and O–H groups in total. The van der Waals surface area contributed by atoms with E-state index in [1.807, 2.05) is 37.3 Å². The van der Waals surface area contributed by atoms with E-state index in [9.17, 15) is 9.59 Å². The predicted molar refractivity (Wildman–Crippen MR) is 84.3 cm³/mol. The third-order valence-electron chi connectivity index (χ3n) is 4.03. The summed E-state index contributed by atoms with van der Waals surface area (Å²) >= 11 is 0. The smallest absolute Gasteiger partial charge is 0.325 e. The van der Waals surface area contributed by atoms with Gasteiger partial charge in [0, 0.05) is 11.6 Å². The van der Waals surface area contributed by atoms with Crippen LogP contribution < -0.4 is 5.32 Å². The number of nitrogens with zero attached hydrogens (tertiary/aromatic N) is 2. The van der Waals surface area contributed by atoms with Gasteiger partial charge >= 0.3 is 6.03 Å².